The normalized spacial score (nSPS) is 30.4. The number of nitrogens with one attached hydrogen (secondary N) is 1. The van der Waals surface area contributed by atoms with E-state index >= 15 is 0 Å². The van der Waals surface area contributed by atoms with Crippen molar-refractivity contribution in [1.82, 2.24) is 0 Å². The van der Waals surface area contributed by atoms with Gasteiger partial charge in [-0.05, 0) is 84.4 Å². The molecule has 2 aliphatic carbocycles. The number of amides is 1. The Balaban J connectivity index is 1.80. The van der Waals surface area contributed by atoms with Crippen molar-refractivity contribution >= 4 is 40.2 Å². The first kappa shape index (κ1) is 14.8. The SMILES string of the molecule is Cc1cc(I)ccc1NC(=O)[C@@H]1[C@@H]2CC[C@@H](C2)[C@@H]1C(=O)O. The molecule has 0 unspecified atom stereocenters. The van der Waals surface area contributed by atoms with Crippen LogP contribution in [0.4, 0.5) is 5.69 Å². The lowest BCUT2D eigenvalue weighted by atomic mass is 9.78. The van der Waals surface area contributed by atoms with Crippen LogP contribution in [-0.4, -0.2) is 17.0 Å². The molecule has 112 valence electrons. The Hall–Kier alpha value is -1.11. The summed E-state index contributed by atoms with van der Waals surface area (Å²) >= 11 is 2.23. The molecule has 2 fully saturated rings. The van der Waals surface area contributed by atoms with E-state index in [2.05, 4.69) is 27.9 Å². The number of hydrogen-bond donors (Lipinski definition) is 2. The van der Waals surface area contributed by atoms with Crippen molar-refractivity contribution in [3.8, 4) is 0 Å². The van der Waals surface area contributed by atoms with Crippen molar-refractivity contribution in [2.24, 2.45) is 23.7 Å². The number of carboxylic acids is 1. The molecule has 5 heteroatoms. The molecule has 4 nitrogen and oxygen atoms in total. The van der Waals surface area contributed by atoms with Gasteiger partial charge in [0.1, 0.15) is 0 Å². The van der Waals surface area contributed by atoms with Gasteiger partial charge in [-0.3, -0.25) is 9.59 Å². The molecule has 0 radical (unpaired) electrons. The summed E-state index contributed by atoms with van der Waals surface area (Å²) in [5.41, 5.74) is 1.79. The zero-order chi connectivity index (χ0) is 15.1. The van der Waals surface area contributed by atoms with Crippen LogP contribution in [0.1, 0.15) is 24.8 Å². The summed E-state index contributed by atoms with van der Waals surface area (Å²) in [7, 11) is 0. The lowest BCUT2D eigenvalue weighted by molar-refractivity contribution is -0.148. The third kappa shape index (κ3) is 2.67. The van der Waals surface area contributed by atoms with Gasteiger partial charge in [0, 0.05) is 9.26 Å². The molecule has 2 saturated carbocycles. The molecular formula is C16H18INO3. The van der Waals surface area contributed by atoms with Crippen molar-refractivity contribution in [1.29, 1.82) is 0 Å². The minimum absolute atomic E-state index is 0.126. The summed E-state index contributed by atoms with van der Waals surface area (Å²) < 4.78 is 1.12. The van der Waals surface area contributed by atoms with Crippen molar-refractivity contribution in [3.05, 3.63) is 27.3 Å². The van der Waals surface area contributed by atoms with Crippen LogP contribution in [0.25, 0.3) is 0 Å². The highest BCUT2D eigenvalue weighted by molar-refractivity contribution is 14.1. The summed E-state index contributed by atoms with van der Waals surface area (Å²) in [5, 5.41) is 12.4. The highest BCUT2D eigenvalue weighted by Gasteiger charge is 2.53. The molecule has 4 atom stereocenters. The van der Waals surface area contributed by atoms with Gasteiger partial charge >= 0.3 is 5.97 Å². The maximum absolute atomic E-state index is 12.6. The van der Waals surface area contributed by atoms with Crippen LogP contribution in [0.3, 0.4) is 0 Å². The van der Waals surface area contributed by atoms with Crippen molar-refractivity contribution in [2.45, 2.75) is 26.2 Å². The Morgan fingerprint density at radius 2 is 1.90 bits per heavy atom. The minimum atomic E-state index is -0.818. The molecule has 2 N–H and O–H groups in total. The molecule has 0 spiro atoms. The number of carboxylic acid groups (broad SMARTS) is 1. The van der Waals surface area contributed by atoms with Crippen LogP contribution in [0.15, 0.2) is 18.2 Å². The van der Waals surface area contributed by atoms with Gasteiger partial charge in [0.05, 0.1) is 11.8 Å². The number of carbonyl (C=O) groups excluding carboxylic acids is 1. The van der Waals surface area contributed by atoms with E-state index in [1.54, 1.807) is 0 Å². The average molecular weight is 399 g/mol. The third-order valence-corrected chi connectivity index (χ3v) is 5.62. The number of fused-ring (bicyclic) bond motifs is 2. The number of carbonyl (C=O) groups is 2. The first-order chi connectivity index (χ1) is 9.97. The summed E-state index contributed by atoms with van der Waals surface area (Å²) in [6.07, 6.45) is 2.83. The second kappa shape index (κ2) is 5.59. The van der Waals surface area contributed by atoms with Crippen molar-refractivity contribution in [3.63, 3.8) is 0 Å². The number of anilines is 1. The van der Waals surface area contributed by atoms with Crippen LogP contribution in [0.2, 0.25) is 0 Å². The standard InChI is InChI=1S/C16H18INO3/c1-8-6-11(17)4-5-12(8)18-15(19)13-9-2-3-10(7-9)14(13)16(20)21/h4-6,9-10,13-14H,2-3,7H2,1H3,(H,18,19)(H,20,21)/t9-,10+,13-,14+/m1/s1. The molecule has 0 aromatic heterocycles. The Bertz CT molecular complexity index is 601. The molecule has 0 heterocycles. The third-order valence-electron chi connectivity index (χ3n) is 4.95. The Kier molecular flexibility index (Phi) is 3.94. The monoisotopic (exact) mass is 399 g/mol. The fourth-order valence-corrected chi connectivity index (χ4v) is 4.65. The number of aliphatic carboxylic acids is 1. The Morgan fingerprint density at radius 3 is 2.52 bits per heavy atom. The molecule has 2 bridgehead atoms. The van der Waals surface area contributed by atoms with E-state index in [1.165, 1.54) is 0 Å². The van der Waals surface area contributed by atoms with Gasteiger partial charge in [0.2, 0.25) is 5.91 Å². The fourth-order valence-electron chi connectivity index (χ4n) is 4.01. The van der Waals surface area contributed by atoms with Gasteiger partial charge in [-0.25, -0.2) is 0 Å². The van der Waals surface area contributed by atoms with Gasteiger partial charge in [-0.1, -0.05) is 0 Å². The molecule has 0 saturated heterocycles. The van der Waals surface area contributed by atoms with Crippen LogP contribution >= 0.6 is 22.6 Å². The second-order valence-corrected chi connectivity index (χ2v) is 7.42. The van der Waals surface area contributed by atoms with E-state index in [9.17, 15) is 14.7 Å². The van der Waals surface area contributed by atoms with E-state index in [-0.39, 0.29) is 23.7 Å². The molecule has 1 amide bonds. The fraction of sp³-hybridized carbons (Fsp3) is 0.500. The van der Waals surface area contributed by atoms with Crippen LogP contribution in [0, 0.1) is 34.2 Å². The number of hydrogen-bond acceptors (Lipinski definition) is 2. The van der Waals surface area contributed by atoms with Gasteiger partial charge in [-0.15, -0.1) is 0 Å². The summed E-state index contributed by atoms with van der Waals surface area (Å²) in [5.74, 6) is -1.41. The Morgan fingerprint density at radius 1 is 1.24 bits per heavy atom. The lowest BCUT2D eigenvalue weighted by Crippen LogP contribution is -2.38. The summed E-state index contributed by atoms with van der Waals surface area (Å²) in [6, 6.07) is 5.84. The van der Waals surface area contributed by atoms with Gasteiger partial charge in [0.25, 0.3) is 0 Å². The predicted molar refractivity (Wildman–Crippen MR) is 88.0 cm³/mol. The lowest BCUT2D eigenvalue weighted by Gasteiger charge is -2.27. The molecular weight excluding hydrogens is 381 g/mol. The number of benzene rings is 1. The van der Waals surface area contributed by atoms with E-state index in [4.69, 9.17) is 0 Å². The van der Waals surface area contributed by atoms with E-state index in [0.29, 0.717) is 0 Å². The van der Waals surface area contributed by atoms with E-state index in [0.717, 1.165) is 34.1 Å². The van der Waals surface area contributed by atoms with Crippen LogP contribution in [-0.2, 0) is 9.59 Å². The predicted octanol–water partition coefficient (Wildman–Crippen LogP) is 3.29. The van der Waals surface area contributed by atoms with Crippen molar-refractivity contribution in [2.75, 3.05) is 5.32 Å². The molecule has 2 aliphatic rings. The molecule has 1 aromatic rings. The van der Waals surface area contributed by atoms with Gasteiger partial charge in [0.15, 0.2) is 0 Å². The highest BCUT2D eigenvalue weighted by atomic mass is 127. The van der Waals surface area contributed by atoms with E-state index in [1.807, 2.05) is 25.1 Å². The summed E-state index contributed by atoms with van der Waals surface area (Å²) in [4.78, 5) is 24.1. The number of halogens is 1. The molecule has 0 aliphatic heterocycles. The first-order valence-electron chi connectivity index (χ1n) is 7.27. The van der Waals surface area contributed by atoms with E-state index < -0.39 is 11.9 Å². The second-order valence-electron chi connectivity index (χ2n) is 6.17. The van der Waals surface area contributed by atoms with Crippen molar-refractivity contribution < 1.29 is 14.7 Å². The molecule has 1 aromatic carbocycles. The van der Waals surface area contributed by atoms with Crippen LogP contribution < -0.4 is 5.32 Å². The number of aryl methyl sites for hydroxylation is 1. The average Bonchev–Trinajstić information content (AvgIpc) is 3.02. The summed E-state index contributed by atoms with van der Waals surface area (Å²) in [6.45, 7) is 1.95. The maximum atomic E-state index is 12.6. The quantitative estimate of drug-likeness (QED) is 0.767. The number of rotatable bonds is 3. The highest BCUT2D eigenvalue weighted by Crippen LogP contribution is 2.52. The maximum Gasteiger partial charge on any atom is 0.307 e. The van der Waals surface area contributed by atoms with Gasteiger partial charge in [-0.2, -0.15) is 0 Å². The molecule has 3 rings (SSSR count). The smallest absolute Gasteiger partial charge is 0.307 e. The minimum Gasteiger partial charge on any atom is -0.481 e. The Labute approximate surface area is 137 Å². The largest absolute Gasteiger partial charge is 0.481 e. The topological polar surface area (TPSA) is 66.4 Å². The molecule has 21 heavy (non-hydrogen) atoms. The van der Waals surface area contributed by atoms with Gasteiger partial charge < -0.3 is 10.4 Å². The first-order valence-corrected chi connectivity index (χ1v) is 8.35. The zero-order valence-corrected chi connectivity index (χ0v) is 14.0. The zero-order valence-electron chi connectivity index (χ0n) is 11.8. The van der Waals surface area contributed by atoms with Crippen LogP contribution in [0.5, 0.6) is 0 Å².